The molecule has 0 aromatic heterocycles. The van der Waals surface area contributed by atoms with Gasteiger partial charge in [0.15, 0.2) is 0 Å². The van der Waals surface area contributed by atoms with Crippen molar-refractivity contribution in [1.29, 1.82) is 0 Å². The van der Waals surface area contributed by atoms with Gasteiger partial charge in [0.1, 0.15) is 6.10 Å². The average molecular weight is 443 g/mol. The van der Waals surface area contributed by atoms with Crippen LogP contribution in [0.1, 0.15) is 32.1 Å². The van der Waals surface area contributed by atoms with Gasteiger partial charge in [0, 0.05) is 43.0 Å². The quantitative estimate of drug-likeness (QED) is 0.546. The first-order chi connectivity index (χ1) is 15.6. The monoisotopic (exact) mass is 442 g/mol. The molecule has 4 rings (SSSR count). The van der Waals surface area contributed by atoms with E-state index in [-0.39, 0.29) is 36.2 Å². The number of nitrogens with one attached hydrogen (secondary N) is 1. The first-order valence-electron chi connectivity index (χ1n) is 11.3. The summed E-state index contributed by atoms with van der Waals surface area (Å²) in [7, 11) is 0. The molecule has 9 heteroatoms. The molecule has 0 spiro atoms. The Kier molecular flexibility index (Phi) is 6.94. The minimum Gasteiger partial charge on any atom is -0.446 e. The maximum atomic E-state index is 13.2. The second-order valence-electron chi connectivity index (χ2n) is 8.51. The molecule has 172 valence electrons. The molecule has 1 aliphatic carbocycles. The number of para-hydroxylation sites is 1. The lowest BCUT2D eigenvalue weighted by Gasteiger charge is -2.36. The van der Waals surface area contributed by atoms with Crippen molar-refractivity contribution in [3.05, 3.63) is 41.5 Å². The first kappa shape index (κ1) is 22.1. The molecule has 2 heterocycles. The van der Waals surface area contributed by atoms with E-state index in [1.165, 1.54) is 4.90 Å². The van der Waals surface area contributed by atoms with Crippen LogP contribution in [0.2, 0.25) is 0 Å². The van der Waals surface area contributed by atoms with Gasteiger partial charge in [-0.3, -0.25) is 19.7 Å². The lowest BCUT2D eigenvalue weighted by Crippen LogP contribution is -2.49. The lowest BCUT2D eigenvalue weighted by molar-refractivity contribution is -0.129. The second kappa shape index (κ2) is 10.0. The molecule has 0 radical (unpaired) electrons. The van der Waals surface area contributed by atoms with Crippen molar-refractivity contribution in [3.8, 4) is 0 Å². The summed E-state index contributed by atoms with van der Waals surface area (Å²) in [6.07, 6.45) is 4.27. The zero-order valence-corrected chi connectivity index (χ0v) is 18.2. The van der Waals surface area contributed by atoms with E-state index in [1.807, 2.05) is 30.3 Å². The first-order valence-corrected chi connectivity index (χ1v) is 11.3. The molecule has 1 aromatic carbocycles. The number of nitrogens with zero attached hydrogens (tertiary/aromatic N) is 3. The summed E-state index contributed by atoms with van der Waals surface area (Å²) in [5.41, 5.74) is 3.07. The highest BCUT2D eigenvalue weighted by Crippen LogP contribution is 2.25. The topological polar surface area (TPSA) is 102 Å². The minimum absolute atomic E-state index is 0.00599. The van der Waals surface area contributed by atoms with E-state index in [0.717, 1.165) is 37.8 Å². The van der Waals surface area contributed by atoms with Crippen LogP contribution in [0.25, 0.3) is 0 Å². The predicted octanol–water partition coefficient (Wildman–Crippen LogP) is 1.92. The Bertz CT molecular complexity index is 874. The maximum absolute atomic E-state index is 13.2. The molecule has 3 amide bonds. The van der Waals surface area contributed by atoms with E-state index in [0.29, 0.717) is 26.2 Å². The summed E-state index contributed by atoms with van der Waals surface area (Å²) in [4.78, 5) is 43.4. The fourth-order valence-electron chi connectivity index (χ4n) is 4.63. The van der Waals surface area contributed by atoms with E-state index in [4.69, 9.17) is 9.94 Å². The molecule has 2 aliphatic heterocycles. The molecule has 1 aromatic rings. The molecule has 0 bridgehead atoms. The Labute approximate surface area is 187 Å². The van der Waals surface area contributed by atoms with E-state index in [1.54, 1.807) is 10.4 Å². The zero-order chi connectivity index (χ0) is 22.5. The van der Waals surface area contributed by atoms with E-state index < -0.39 is 12.0 Å². The summed E-state index contributed by atoms with van der Waals surface area (Å²) >= 11 is 0. The number of hydroxylamine groups is 1. The molecule has 32 heavy (non-hydrogen) atoms. The Morgan fingerprint density at radius 2 is 1.53 bits per heavy atom. The Morgan fingerprint density at radius 3 is 2.19 bits per heavy atom. The number of benzene rings is 1. The molecular formula is C23H30N4O5. The zero-order valence-electron chi connectivity index (χ0n) is 18.2. The van der Waals surface area contributed by atoms with Crippen molar-refractivity contribution in [2.24, 2.45) is 0 Å². The van der Waals surface area contributed by atoms with Gasteiger partial charge in [-0.2, -0.15) is 0 Å². The van der Waals surface area contributed by atoms with Gasteiger partial charge in [-0.1, -0.05) is 24.6 Å². The Balaban J connectivity index is 1.40. The van der Waals surface area contributed by atoms with Crippen LogP contribution in [0.4, 0.5) is 10.5 Å². The molecule has 0 atom stereocenters. The highest BCUT2D eigenvalue weighted by atomic mass is 16.6. The summed E-state index contributed by atoms with van der Waals surface area (Å²) in [6.45, 7) is 2.33. The van der Waals surface area contributed by atoms with E-state index in [9.17, 15) is 14.4 Å². The number of anilines is 1. The van der Waals surface area contributed by atoms with Crippen LogP contribution < -0.4 is 10.4 Å². The van der Waals surface area contributed by atoms with Crippen LogP contribution >= 0.6 is 0 Å². The smallest absolute Gasteiger partial charge is 0.410 e. The minimum atomic E-state index is -0.760. The van der Waals surface area contributed by atoms with Gasteiger partial charge in [-0.25, -0.2) is 10.3 Å². The second-order valence-corrected chi connectivity index (χ2v) is 8.51. The lowest BCUT2D eigenvalue weighted by atomic mass is 9.98. The van der Waals surface area contributed by atoms with Crippen LogP contribution in [0.5, 0.6) is 0 Å². The van der Waals surface area contributed by atoms with Gasteiger partial charge in [-0.05, 0) is 37.8 Å². The largest absolute Gasteiger partial charge is 0.446 e. The molecular weight excluding hydrogens is 412 g/mol. The molecule has 0 unspecified atom stereocenters. The molecule has 9 nitrogen and oxygen atoms in total. The highest BCUT2D eigenvalue weighted by Gasteiger charge is 2.37. The molecule has 2 fully saturated rings. The van der Waals surface area contributed by atoms with Crippen molar-refractivity contribution in [2.45, 2.75) is 38.2 Å². The summed E-state index contributed by atoms with van der Waals surface area (Å²) < 4.78 is 5.61. The highest BCUT2D eigenvalue weighted by molar-refractivity contribution is 6.06. The molecule has 2 N–H and O–H groups in total. The van der Waals surface area contributed by atoms with Crippen LogP contribution in [0.15, 0.2) is 41.5 Å². The van der Waals surface area contributed by atoms with E-state index >= 15 is 0 Å². The third-order valence-electron chi connectivity index (χ3n) is 6.46. The van der Waals surface area contributed by atoms with Gasteiger partial charge in [-0.15, -0.1) is 0 Å². The van der Waals surface area contributed by atoms with Crippen molar-refractivity contribution in [3.63, 3.8) is 0 Å². The van der Waals surface area contributed by atoms with Gasteiger partial charge < -0.3 is 14.5 Å². The van der Waals surface area contributed by atoms with Crippen LogP contribution in [-0.2, 0) is 14.3 Å². The fraction of sp³-hybridized carbons (Fsp3) is 0.522. The number of rotatable bonds is 4. The SMILES string of the molecule is O=C(NO)C1=C(C(=O)N2CCN(c3ccccc3)CC2)CN(C(=O)OC2CCCCC2)C1. The maximum Gasteiger partial charge on any atom is 0.410 e. The number of carbonyl (C=O) groups excluding carboxylic acids is 3. The van der Waals surface area contributed by atoms with Gasteiger partial charge in [0.05, 0.1) is 13.1 Å². The number of hydrogen-bond acceptors (Lipinski definition) is 6. The van der Waals surface area contributed by atoms with Gasteiger partial charge in [0.2, 0.25) is 0 Å². The number of amides is 3. The number of ether oxygens (including phenoxy) is 1. The van der Waals surface area contributed by atoms with Crippen molar-refractivity contribution < 1.29 is 24.3 Å². The van der Waals surface area contributed by atoms with Crippen LogP contribution in [0.3, 0.4) is 0 Å². The molecule has 3 aliphatic rings. The predicted molar refractivity (Wildman–Crippen MR) is 117 cm³/mol. The Hall–Kier alpha value is -3.07. The number of piperazine rings is 1. The van der Waals surface area contributed by atoms with Crippen molar-refractivity contribution in [1.82, 2.24) is 15.3 Å². The summed E-state index contributed by atoms with van der Waals surface area (Å²) in [6, 6.07) is 10.0. The normalized spacial score (nSPS) is 19.8. The molecule has 1 saturated heterocycles. The number of carbonyl (C=O) groups is 3. The Morgan fingerprint density at radius 1 is 0.875 bits per heavy atom. The van der Waals surface area contributed by atoms with Gasteiger partial charge >= 0.3 is 6.09 Å². The standard InChI is InChI=1S/C23H30N4O5/c28-21(24-31)19-15-27(23(30)32-18-9-5-2-6-10-18)16-20(19)22(29)26-13-11-25(12-14-26)17-7-3-1-4-8-17/h1,3-4,7-8,18,31H,2,5-6,9-16H2,(H,24,28). The van der Waals surface area contributed by atoms with E-state index in [2.05, 4.69) is 4.90 Å². The van der Waals surface area contributed by atoms with Crippen LogP contribution in [-0.4, -0.2) is 78.3 Å². The average Bonchev–Trinajstić information content (AvgIpc) is 3.30. The van der Waals surface area contributed by atoms with Crippen molar-refractivity contribution >= 4 is 23.6 Å². The summed E-state index contributed by atoms with van der Waals surface area (Å²) in [5, 5.41) is 9.15. The third-order valence-corrected chi connectivity index (χ3v) is 6.46. The summed E-state index contributed by atoms with van der Waals surface area (Å²) in [5.74, 6) is -1.03. The molecule has 1 saturated carbocycles. The van der Waals surface area contributed by atoms with Crippen molar-refractivity contribution in [2.75, 3.05) is 44.2 Å². The fourth-order valence-corrected chi connectivity index (χ4v) is 4.63. The third kappa shape index (κ3) is 4.88. The number of hydrogen-bond donors (Lipinski definition) is 2. The van der Waals surface area contributed by atoms with Gasteiger partial charge in [0.25, 0.3) is 11.8 Å². The van der Waals surface area contributed by atoms with Crippen LogP contribution in [0, 0.1) is 0 Å².